The number of hydrogen-bond donors (Lipinski definition) is 0. The number of pyridine rings is 1. The second-order valence-corrected chi connectivity index (χ2v) is 8.51. The number of thiophene rings is 1. The molecule has 0 unspecified atom stereocenters. The molecule has 0 N–H and O–H groups in total. The van der Waals surface area contributed by atoms with E-state index in [9.17, 15) is 4.79 Å². The van der Waals surface area contributed by atoms with Crippen molar-refractivity contribution in [2.24, 2.45) is 0 Å². The van der Waals surface area contributed by atoms with Crippen LogP contribution >= 0.6 is 11.3 Å². The van der Waals surface area contributed by atoms with Crippen molar-refractivity contribution in [2.75, 3.05) is 26.2 Å². The summed E-state index contributed by atoms with van der Waals surface area (Å²) in [5, 5.41) is 6.27. The van der Waals surface area contributed by atoms with Crippen LogP contribution in [0.4, 0.5) is 0 Å². The van der Waals surface area contributed by atoms with Gasteiger partial charge in [-0.1, -0.05) is 17.3 Å². The van der Waals surface area contributed by atoms with Gasteiger partial charge in [0.2, 0.25) is 5.91 Å². The van der Waals surface area contributed by atoms with Crippen LogP contribution < -0.4 is 0 Å². The molecule has 1 aliphatic heterocycles. The monoisotopic (exact) mass is 394 g/mol. The fourth-order valence-electron chi connectivity index (χ4n) is 3.90. The summed E-state index contributed by atoms with van der Waals surface area (Å²) < 4.78 is 5.53. The van der Waals surface area contributed by atoms with Crippen LogP contribution in [0.1, 0.15) is 24.1 Å². The highest BCUT2D eigenvalue weighted by atomic mass is 32.1. The van der Waals surface area contributed by atoms with Crippen LogP contribution in [-0.4, -0.2) is 52.0 Å². The van der Waals surface area contributed by atoms with Gasteiger partial charge in [0.25, 0.3) is 0 Å². The zero-order valence-electron chi connectivity index (χ0n) is 15.6. The van der Waals surface area contributed by atoms with E-state index in [2.05, 4.69) is 21.1 Å². The van der Waals surface area contributed by atoms with Crippen molar-refractivity contribution in [2.45, 2.75) is 24.8 Å². The zero-order chi connectivity index (χ0) is 19.0. The Morgan fingerprint density at radius 2 is 2.04 bits per heavy atom. The number of aromatic nitrogens is 2. The van der Waals surface area contributed by atoms with Crippen molar-refractivity contribution in [3.05, 3.63) is 59.4 Å². The number of rotatable bonds is 5. The number of hydrogen-bond acceptors (Lipinski definition) is 6. The largest absolute Gasteiger partial charge is 0.355 e. The molecule has 5 rings (SSSR count). The van der Waals surface area contributed by atoms with Gasteiger partial charge in [-0.15, -0.1) is 11.3 Å². The minimum absolute atomic E-state index is 0.208. The summed E-state index contributed by atoms with van der Waals surface area (Å²) in [6.07, 6.45) is 5.42. The Labute approximate surface area is 167 Å². The van der Waals surface area contributed by atoms with Gasteiger partial charge in [-0.05, 0) is 35.9 Å². The second kappa shape index (κ2) is 7.14. The highest BCUT2D eigenvalue weighted by Crippen LogP contribution is 2.50. The third kappa shape index (κ3) is 3.25. The Kier molecular flexibility index (Phi) is 4.49. The van der Waals surface area contributed by atoms with E-state index in [1.807, 2.05) is 40.7 Å². The van der Waals surface area contributed by atoms with E-state index >= 15 is 0 Å². The molecule has 28 heavy (non-hydrogen) atoms. The molecule has 1 saturated heterocycles. The van der Waals surface area contributed by atoms with Crippen molar-refractivity contribution in [1.29, 1.82) is 0 Å². The first-order valence-electron chi connectivity index (χ1n) is 9.66. The highest BCUT2D eigenvalue weighted by molar-refractivity contribution is 7.13. The molecule has 144 valence electrons. The second-order valence-electron chi connectivity index (χ2n) is 7.57. The lowest BCUT2D eigenvalue weighted by atomic mass is 9.99. The van der Waals surface area contributed by atoms with Gasteiger partial charge < -0.3 is 9.42 Å². The van der Waals surface area contributed by atoms with Gasteiger partial charge in [-0.3, -0.25) is 14.7 Å². The SMILES string of the molecule is O=C(N1CCN(Cc2cccnc2)CC1)C1(c2cc(-c3cccs3)on2)CC1. The highest BCUT2D eigenvalue weighted by Gasteiger charge is 2.55. The first kappa shape index (κ1) is 17.6. The topological polar surface area (TPSA) is 62.5 Å². The fraction of sp³-hybridized carbons (Fsp3) is 0.381. The first-order chi connectivity index (χ1) is 13.7. The number of carbonyl (C=O) groups is 1. The van der Waals surface area contributed by atoms with E-state index < -0.39 is 5.41 Å². The van der Waals surface area contributed by atoms with Crippen LogP contribution in [0.15, 0.2) is 52.6 Å². The number of amides is 1. The summed E-state index contributed by atoms with van der Waals surface area (Å²) in [6, 6.07) is 10.0. The normalized spacial score (nSPS) is 18.9. The lowest BCUT2D eigenvalue weighted by Crippen LogP contribution is -2.51. The molecule has 1 aliphatic carbocycles. The quantitative estimate of drug-likeness (QED) is 0.665. The fourth-order valence-corrected chi connectivity index (χ4v) is 4.58. The molecule has 0 bridgehead atoms. The maximum Gasteiger partial charge on any atom is 0.235 e. The third-order valence-electron chi connectivity index (χ3n) is 5.71. The molecule has 2 aliphatic rings. The van der Waals surface area contributed by atoms with Gasteiger partial charge >= 0.3 is 0 Å². The Morgan fingerprint density at radius 1 is 1.18 bits per heavy atom. The van der Waals surface area contributed by atoms with Gasteiger partial charge in [0.05, 0.1) is 16.0 Å². The van der Waals surface area contributed by atoms with Gasteiger partial charge in [0.15, 0.2) is 5.76 Å². The molecule has 6 nitrogen and oxygen atoms in total. The summed E-state index contributed by atoms with van der Waals surface area (Å²) in [7, 11) is 0. The van der Waals surface area contributed by atoms with Gasteiger partial charge in [-0.2, -0.15) is 0 Å². The van der Waals surface area contributed by atoms with Gasteiger partial charge in [0.1, 0.15) is 0 Å². The third-order valence-corrected chi connectivity index (χ3v) is 6.60. The summed E-state index contributed by atoms with van der Waals surface area (Å²) in [4.78, 5) is 22.9. The predicted molar refractivity (Wildman–Crippen MR) is 107 cm³/mol. The molecule has 3 aromatic heterocycles. The Balaban J connectivity index is 1.23. The average Bonchev–Trinajstić information content (AvgIpc) is 3.14. The van der Waals surface area contributed by atoms with Gasteiger partial charge in [-0.25, -0.2) is 0 Å². The number of nitrogens with zero attached hydrogens (tertiary/aromatic N) is 4. The van der Waals surface area contributed by atoms with Crippen molar-refractivity contribution < 1.29 is 9.32 Å². The van der Waals surface area contributed by atoms with Gasteiger partial charge in [0, 0.05) is 51.2 Å². The van der Waals surface area contributed by atoms with Crippen LogP contribution in [-0.2, 0) is 16.8 Å². The van der Waals surface area contributed by atoms with E-state index in [-0.39, 0.29) is 5.91 Å². The van der Waals surface area contributed by atoms with Crippen LogP contribution in [0.5, 0.6) is 0 Å². The van der Waals surface area contributed by atoms with Crippen molar-refractivity contribution in [3.8, 4) is 10.6 Å². The maximum atomic E-state index is 13.3. The molecule has 7 heteroatoms. The van der Waals surface area contributed by atoms with Crippen LogP contribution in [0.3, 0.4) is 0 Å². The minimum Gasteiger partial charge on any atom is -0.355 e. The van der Waals surface area contributed by atoms with Crippen molar-refractivity contribution in [3.63, 3.8) is 0 Å². The maximum absolute atomic E-state index is 13.3. The molecule has 1 amide bonds. The lowest BCUT2D eigenvalue weighted by Gasteiger charge is -2.36. The van der Waals surface area contributed by atoms with Crippen molar-refractivity contribution >= 4 is 17.2 Å². The van der Waals surface area contributed by atoms with Crippen LogP contribution in [0, 0.1) is 0 Å². The summed E-state index contributed by atoms with van der Waals surface area (Å²) in [6.45, 7) is 4.17. The molecule has 2 fully saturated rings. The van der Waals surface area contributed by atoms with E-state index in [0.717, 1.165) is 61.9 Å². The predicted octanol–water partition coefficient (Wildman–Crippen LogP) is 3.17. The molecule has 0 aromatic carbocycles. The molecular weight excluding hydrogens is 372 g/mol. The summed E-state index contributed by atoms with van der Waals surface area (Å²) in [5.41, 5.74) is 1.54. The van der Waals surface area contributed by atoms with E-state index in [4.69, 9.17) is 4.52 Å². The lowest BCUT2D eigenvalue weighted by molar-refractivity contribution is -0.136. The molecule has 0 spiro atoms. The Morgan fingerprint density at radius 3 is 2.71 bits per heavy atom. The van der Waals surface area contributed by atoms with E-state index in [1.165, 1.54) is 5.56 Å². The Bertz CT molecular complexity index is 942. The zero-order valence-corrected chi connectivity index (χ0v) is 16.4. The van der Waals surface area contributed by atoms with Crippen LogP contribution in [0.2, 0.25) is 0 Å². The van der Waals surface area contributed by atoms with Crippen LogP contribution in [0.25, 0.3) is 10.6 Å². The van der Waals surface area contributed by atoms with Crippen molar-refractivity contribution in [1.82, 2.24) is 19.9 Å². The molecule has 0 atom stereocenters. The smallest absolute Gasteiger partial charge is 0.235 e. The molecular formula is C21H22N4O2S. The number of piperazine rings is 1. The minimum atomic E-state index is -0.468. The first-order valence-corrected chi connectivity index (χ1v) is 10.5. The molecule has 0 radical (unpaired) electrons. The molecule has 4 heterocycles. The average molecular weight is 395 g/mol. The summed E-state index contributed by atoms with van der Waals surface area (Å²) >= 11 is 1.62. The summed E-state index contributed by atoms with van der Waals surface area (Å²) in [5.74, 6) is 0.963. The Hall–Kier alpha value is -2.51. The van der Waals surface area contributed by atoms with E-state index in [1.54, 1.807) is 17.5 Å². The molecule has 1 saturated carbocycles. The molecule has 3 aromatic rings. The van der Waals surface area contributed by atoms with E-state index in [0.29, 0.717) is 0 Å². The standard InChI is InChI=1S/C21H22N4O2S/c26-20(25-10-8-24(9-11-25)15-16-3-1-7-22-14-16)21(5-6-21)19-13-17(27-23-19)18-4-2-12-28-18/h1-4,7,12-14H,5-6,8-11,15H2. The number of carbonyl (C=O) groups excluding carboxylic acids is 1.